The van der Waals surface area contributed by atoms with E-state index in [0.717, 1.165) is 5.56 Å². The molecule has 0 aliphatic carbocycles. The number of nitrogens with two attached hydrogens (primary N) is 1. The quantitative estimate of drug-likeness (QED) is 0.837. The fourth-order valence-electron chi connectivity index (χ4n) is 1.87. The van der Waals surface area contributed by atoms with Crippen molar-refractivity contribution in [2.75, 3.05) is 13.2 Å². The van der Waals surface area contributed by atoms with Crippen molar-refractivity contribution < 1.29 is 14.3 Å². The van der Waals surface area contributed by atoms with Crippen LogP contribution in [0.4, 0.5) is 0 Å². The molecule has 1 aromatic carbocycles. The van der Waals surface area contributed by atoms with Gasteiger partial charge in [-0.25, -0.2) is 0 Å². The largest absolute Gasteiger partial charge is 0.486 e. The number of ether oxygens (including phenoxy) is 2. The Balaban J connectivity index is 2.54. The highest BCUT2D eigenvalue weighted by Crippen LogP contribution is 2.40. The van der Waals surface area contributed by atoms with Crippen LogP contribution in [-0.4, -0.2) is 25.5 Å². The third kappa shape index (κ3) is 2.37. The SMILES string of the molecule is CC(N)Cc1cc(Cl)c(C=O)c2c1OCCO2. The molecule has 0 bridgehead atoms. The Kier molecular flexibility index (Phi) is 3.54. The fourth-order valence-corrected chi connectivity index (χ4v) is 2.13. The highest BCUT2D eigenvalue weighted by molar-refractivity contribution is 6.33. The average molecular weight is 256 g/mol. The van der Waals surface area contributed by atoms with Crippen molar-refractivity contribution in [1.29, 1.82) is 0 Å². The second kappa shape index (κ2) is 4.94. The molecule has 0 spiro atoms. The standard InChI is InChI=1S/C12H14ClNO3/c1-7(14)4-8-5-10(13)9(6-15)12-11(8)16-2-3-17-12/h5-7H,2-4,14H2,1H3. The lowest BCUT2D eigenvalue weighted by atomic mass is 10.0. The molecule has 5 heteroatoms. The lowest BCUT2D eigenvalue weighted by Gasteiger charge is -2.23. The van der Waals surface area contributed by atoms with Crippen LogP contribution in [0.5, 0.6) is 11.5 Å². The Bertz CT molecular complexity index is 446. The van der Waals surface area contributed by atoms with E-state index >= 15 is 0 Å². The predicted octanol–water partition coefficient (Wildman–Crippen LogP) is 1.81. The molecule has 2 rings (SSSR count). The van der Waals surface area contributed by atoms with Gasteiger partial charge in [0.25, 0.3) is 0 Å². The number of rotatable bonds is 3. The van der Waals surface area contributed by atoms with Gasteiger partial charge in [-0.1, -0.05) is 11.6 Å². The van der Waals surface area contributed by atoms with Gasteiger partial charge in [0.2, 0.25) is 0 Å². The van der Waals surface area contributed by atoms with Crippen LogP contribution in [0.2, 0.25) is 5.02 Å². The van der Waals surface area contributed by atoms with Gasteiger partial charge >= 0.3 is 0 Å². The van der Waals surface area contributed by atoms with Gasteiger partial charge in [0.05, 0.1) is 10.6 Å². The lowest BCUT2D eigenvalue weighted by molar-refractivity contribution is 0.111. The molecule has 0 fully saturated rings. The number of hydrogen-bond acceptors (Lipinski definition) is 4. The normalized spacial score (nSPS) is 15.5. The van der Waals surface area contributed by atoms with E-state index in [2.05, 4.69) is 0 Å². The maximum Gasteiger partial charge on any atom is 0.173 e. The van der Waals surface area contributed by atoms with Crippen molar-refractivity contribution in [3.8, 4) is 11.5 Å². The first kappa shape index (κ1) is 12.2. The van der Waals surface area contributed by atoms with Crippen LogP contribution in [0, 0.1) is 0 Å². The van der Waals surface area contributed by atoms with Gasteiger partial charge in [-0.15, -0.1) is 0 Å². The summed E-state index contributed by atoms with van der Waals surface area (Å²) in [5.41, 5.74) is 6.99. The molecule has 1 aliphatic rings. The van der Waals surface area contributed by atoms with E-state index in [-0.39, 0.29) is 6.04 Å². The second-order valence-electron chi connectivity index (χ2n) is 4.09. The molecule has 92 valence electrons. The molecule has 0 radical (unpaired) electrons. The first-order chi connectivity index (χ1) is 8.13. The molecule has 1 atom stereocenters. The summed E-state index contributed by atoms with van der Waals surface area (Å²) in [6, 6.07) is 1.71. The molecule has 1 aromatic rings. The minimum absolute atomic E-state index is 0.0113. The summed E-state index contributed by atoms with van der Waals surface area (Å²) in [4.78, 5) is 11.0. The van der Waals surface area contributed by atoms with Crippen LogP contribution in [0.25, 0.3) is 0 Å². The van der Waals surface area contributed by atoms with Crippen molar-refractivity contribution in [3.05, 3.63) is 22.2 Å². The topological polar surface area (TPSA) is 61.6 Å². The molecule has 17 heavy (non-hydrogen) atoms. The molecule has 2 N–H and O–H groups in total. The van der Waals surface area contributed by atoms with E-state index in [1.807, 2.05) is 6.92 Å². The average Bonchev–Trinajstić information content (AvgIpc) is 2.28. The van der Waals surface area contributed by atoms with Gasteiger partial charge in [-0.05, 0) is 19.4 Å². The van der Waals surface area contributed by atoms with Crippen molar-refractivity contribution >= 4 is 17.9 Å². The number of carbonyl (C=O) groups is 1. The first-order valence-electron chi connectivity index (χ1n) is 5.45. The van der Waals surface area contributed by atoms with Crippen LogP contribution in [0.15, 0.2) is 6.07 Å². The van der Waals surface area contributed by atoms with Gasteiger partial charge < -0.3 is 15.2 Å². The van der Waals surface area contributed by atoms with E-state index in [1.165, 1.54) is 0 Å². The molecular weight excluding hydrogens is 242 g/mol. The Hall–Kier alpha value is -1.26. The number of carbonyl (C=O) groups excluding carboxylic acids is 1. The van der Waals surface area contributed by atoms with Crippen molar-refractivity contribution in [2.24, 2.45) is 5.73 Å². The Labute approximate surface area is 105 Å². The molecule has 0 aromatic heterocycles. The molecule has 1 heterocycles. The highest BCUT2D eigenvalue weighted by Gasteiger charge is 2.23. The van der Waals surface area contributed by atoms with Gasteiger partial charge in [-0.2, -0.15) is 0 Å². The van der Waals surface area contributed by atoms with Crippen LogP contribution in [0.3, 0.4) is 0 Å². The molecule has 0 amide bonds. The molecule has 4 nitrogen and oxygen atoms in total. The van der Waals surface area contributed by atoms with Crippen molar-refractivity contribution in [1.82, 2.24) is 0 Å². The van der Waals surface area contributed by atoms with Crippen LogP contribution < -0.4 is 15.2 Å². The summed E-state index contributed by atoms with van der Waals surface area (Å²) in [6.07, 6.45) is 1.32. The summed E-state index contributed by atoms with van der Waals surface area (Å²) in [5.74, 6) is 1.04. The first-order valence-corrected chi connectivity index (χ1v) is 5.83. The second-order valence-corrected chi connectivity index (χ2v) is 4.49. The molecule has 0 saturated carbocycles. The van der Waals surface area contributed by atoms with Crippen LogP contribution >= 0.6 is 11.6 Å². The molecular formula is C12H14ClNO3. The minimum Gasteiger partial charge on any atom is -0.486 e. The predicted molar refractivity (Wildman–Crippen MR) is 65.2 cm³/mol. The summed E-state index contributed by atoms with van der Waals surface area (Å²) in [6.45, 7) is 2.79. The van der Waals surface area contributed by atoms with Crippen molar-refractivity contribution in [2.45, 2.75) is 19.4 Å². The number of hydrogen-bond donors (Lipinski definition) is 1. The summed E-state index contributed by atoms with van der Waals surface area (Å²) in [5, 5.41) is 0.375. The number of halogens is 1. The van der Waals surface area contributed by atoms with Crippen LogP contribution in [-0.2, 0) is 6.42 Å². The van der Waals surface area contributed by atoms with E-state index in [4.69, 9.17) is 26.8 Å². The third-order valence-corrected chi connectivity index (χ3v) is 2.85. The molecule has 1 aliphatic heterocycles. The third-order valence-electron chi connectivity index (χ3n) is 2.54. The number of benzene rings is 1. The zero-order valence-electron chi connectivity index (χ0n) is 9.53. The van der Waals surface area contributed by atoms with Crippen LogP contribution in [0.1, 0.15) is 22.8 Å². The van der Waals surface area contributed by atoms with E-state index in [0.29, 0.717) is 48.0 Å². The Morgan fingerprint density at radius 2 is 2.12 bits per heavy atom. The Morgan fingerprint density at radius 3 is 2.71 bits per heavy atom. The molecule has 0 saturated heterocycles. The van der Waals surface area contributed by atoms with Gasteiger partial charge in [0.1, 0.15) is 13.2 Å². The molecule has 1 unspecified atom stereocenters. The van der Waals surface area contributed by atoms with E-state index in [1.54, 1.807) is 6.07 Å². The minimum atomic E-state index is -0.0113. The number of aldehydes is 1. The lowest BCUT2D eigenvalue weighted by Crippen LogP contribution is -2.22. The zero-order chi connectivity index (χ0) is 12.4. The zero-order valence-corrected chi connectivity index (χ0v) is 10.3. The van der Waals surface area contributed by atoms with E-state index in [9.17, 15) is 4.79 Å². The Morgan fingerprint density at radius 1 is 1.47 bits per heavy atom. The van der Waals surface area contributed by atoms with Gasteiger partial charge in [0, 0.05) is 11.6 Å². The maximum absolute atomic E-state index is 11.0. The van der Waals surface area contributed by atoms with Gasteiger partial charge in [-0.3, -0.25) is 4.79 Å². The maximum atomic E-state index is 11.0. The summed E-state index contributed by atoms with van der Waals surface area (Å²) in [7, 11) is 0. The fraction of sp³-hybridized carbons (Fsp3) is 0.417. The smallest absolute Gasteiger partial charge is 0.173 e. The summed E-state index contributed by atoms with van der Waals surface area (Å²) >= 11 is 6.04. The number of fused-ring (bicyclic) bond motifs is 1. The van der Waals surface area contributed by atoms with E-state index < -0.39 is 0 Å². The monoisotopic (exact) mass is 255 g/mol. The summed E-state index contributed by atoms with van der Waals surface area (Å²) < 4.78 is 11.0. The van der Waals surface area contributed by atoms with Gasteiger partial charge in [0.15, 0.2) is 17.8 Å². The van der Waals surface area contributed by atoms with Crippen molar-refractivity contribution in [3.63, 3.8) is 0 Å². The highest BCUT2D eigenvalue weighted by atomic mass is 35.5.